The van der Waals surface area contributed by atoms with E-state index >= 15 is 0 Å². The minimum atomic E-state index is 0.143. The molecular formula is C8H8BrNOS2. The smallest absolute Gasteiger partial charge is 0.186 e. The van der Waals surface area contributed by atoms with Crippen molar-refractivity contribution in [2.75, 3.05) is 5.75 Å². The molecule has 1 aromatic heterocycles. The van der Waals surface area contributed by atoms with Crippen LogP contribution in [0.4, 0.5) is 0 Å². The van der Waals surface area contributed by atoms with Crippen LogP contribution in [0.25, 0.3) is 6.08 Å². The molecule has 0 spiro atoms. The molecular weight excluding hydrogens is 270 g/mol. The third-order valence-corrected chi connectivity index (χ3v) is 3.31. The monoisotopic (exact) mass is 277 g/mol. The van der Waals surface area contributed by atoms with Crippen molar-refractivity contribution in [1.29, 1.82) is 0 Å². The highest BCUT2D eigenvalue weighted by molar-refractivity contribution is 9.11. The van der Waals surface area contributed by atoms with Gasteiger partial charge in [-0.2, -0.15) is 0 Å². The SMILES string of the molecule is CC(=O)SCC=Cc1csc(Br)n1. The molecule has 0 saturated heterocycles. The molecule has 70 valence electrons. The molecule has 0 unspecified atom stereocenters. The largest absolute Gasteiger partial charge is 0.288 e. The Hall–Kier alpha value is -0.130. The van der Waals surface area contributed by atoms with Gasteiger partial charge in [0, 0.05) is 18.1 Å². The lowest BCUT2D eigenvalue weighted by Crippen LogP contribution is -1.81. The van der Waals surface area contributed by atoms with Gasteiger partial charge in [-0.15, -0.1) is 11.3 Å². The molecule has 0 aliphatic rings. The second kappa shape index (κ2) is 5.57. The first-order valence-corrected chi connectivity index (χ1v) is 6.25. The van der Waals surface area contributed by atoms with Gasteiger partial charge in [0.1, 0.15) is 0 Å². The lowest BCUT2D eigenvalue weighted by atomic mass is 10.4. The fraction of sp³-hybridized carbons (Fsp3) is 0.250. The minimum Gasteiger partial charge on any atom is -0.288 e. The van der Waals surface area contributed by atoms with Gasteiger partial charge in [0.25, 0.3) is 0 Å². The quantitative estimate of drug-likeness (QED) is 0.850. The van der Waals surface area contributed by atoms with Crippen molar-refractivity contribution >= 4 is 50.2 Å². The summed E-state index contributed by atoms with van der Waals surface area (Å²) in [5, 5.41) is 2.10. The average Bonchev–Trinajstić information content (AvgIpc) is 2.45. The number of halogens is 1. The molecule has 0 radical (unpaired) electrons. The van der Waals surface area contributed by atoms with Gasteiger partial charge in [-0.3, -0.25) is 4.79 Å². The molecule has 13 heavy (non-hydrogen) atoms. The van der Waals surface area contributed by atoms with E-state index in [1.54, 1.807) is 18.3 Å². The molecule has 1 aromatic rings. The summed E-state index contributed by atoms with van der Waals surface area (Å²) < 4.78 is 0.881. The minimum absolute atomic E-state index is 0.143. The van der Waals surface area contributed by atoms with Crippen LogP contribution in [0.1, 0.15) is 12.6 Å². The first kappa shape index (κ1) is 10.9. The Kier molecular flexibility index (Phi) is 4.69. The van der Waals surface area contributed by atoms with Crippen LogP contribution < -0.4 is 0 Å². The van der Waals surface area contributed by atoms with E-state index in [-0.39, 0.29) is 5.12 Å². The van der Waals surface area contributed by atoms with Crippen LogP contribution in [0, 0.1) is 0 Å². The molecule has 0 aromatic carbocycles. The zero-order valence-electron chi connectivity index (χ0n) is 6.99. The van der Waals surface area contributed by atoms with Crippen LogP contribution in [-0.2, 0) is 4.79 Å². The van der Waals surface area contributed by atoms with E-state index in [4.69, 9.17) is 0 Å². The number of carbonyl (C=O) groups is 1. The molecule has 0 bridgehead atoms. The Balaban J connectivity index is 2.36. The summed E-state index contributed by atoms with van der Waals surface area (Å²) in [4.78, 5) is 14.7. The van der Waals surface area contributed by atoms with Crippen molar-refractivity contribution in [1.82, 2.24) is 4.98 Å². The van der Waals surface area contributed by atoms with E-state index in [1.807, 2.05) is 17.5 Å². The van der Waals surface area contributed by atoms with Gasteiger partial charge in [-0.25, -0.2) is 4.98 Å². The maximum atomic E-state index is 10.6. The Morgan fingerprint density at radius 2 is 2.62 bits per heavy atom. The number of carbonyl (C=O) groups excluding carboxylic acids is 1. The van der Waals surface area contributed by atoms with Gasteiger partial charge in [-0.05, 0) is 22.0 Å². The average molecular weight is 278 g/mol. The predicted molar refractivity (Wildman–Crippen MR) is 62.0 cm³/mol. The number of aromatic nitrogens is 1. The summed E-state index contributed by atoms with van der Waals surface area (Å²) in [5.74, 6) is 0.713. The lowest BCUT2D eigenvalue weighted by Gasteiger charge is -1.86. The van der Waals surface area contributed by atoms with E-state index in [2.05, 4.69) is 20.9 Å². The van der Waals surface area contributed by atoms with Crippen LogP contribution in [0.15, 0.2) is 15.4 Å². The third-order valence-electron chi connectivity index (χ3n) is 1.17. The van der Waals surface area contributed by atoms with E-state index in [0.29, 0.717) is 5.75 Å². The van der Waals surface area contributed by atoms with Crippen LogP contribution >= 0.6 is 39.0 Å². The summed E-state index contributed by atoms with van der Waals surface area (Å²) in [7, 11) is 0. The van der Waals surface area contributed by atoms with E-state index in [9.17, 15) is 4.79 Å². The molecule has 0 atom stereocenters. The Labute approximate surface area is 93.6 Å². The normalized spacial score (nSPS) is 10.9. The van der Waals surface area contributed by atoms with E-state index in [0.717, 1.165) is 9.61 Å². The first-order chi connectivity index (χ1) is 6.18. The van der Waals surface area contributed by atoms with Gasteiger partial charge >= 0.3 is 0 Å². The third kappa shape index (κ3) is 4.59. The molecule has 0 amide bonds. The number of nitrogens with zero attached hydrogens (tertiary/aromatic N) is 1. The summed E-state index contributed by atoms with van der Waals surface area (Å²) >= 11 is 6.12. The molecule has 0 aliphatic carbocycles. The van der Waals surface area contributed by atoms with Crippen molar-refractivity contribution in [3.8, 4) is 0 Å². The van der Waals surface area contributed by atoms with Crippen molar-refractivity contribution in [2.45, 2.75) is 6.92 Å². The van der Waals surface area contributed by atoms with Crippen LogP contribution in [0.2, 0.25) is 0 Å². The van der Waals surface area contributed by atoms with Gasteiger partial charge in [-0.1, -0.05) is 17.8 Å². The summed E-state index contributed by atoms with van der Waals surface area (Å²) in [5.41, 5.74) is 0.932. The van der Waals surface area contributed by atoms with Crippen LogP contribution in [0.5, 0.6) is 0 Å². The highest BCUT2D eigenvalue weighted by Crippen LogP contribution is 2.16. The number of hydrogen-bond acceptors (Lipinski definition) is 4. The summed E-state index contributed by atoms with van der Waals surface area (Å²) in [6, 6.07) is 0. The van der Waals surface area contributed by atoms with E-state index in [1.165, 1.54) is 11.8 Å². The summed E-state index contributed by atoms with van der Waals surface area (Å²) in [6.07, 6.45) is 3.85. The molecule has 2 nitrogen and oxygen atoms in total. The summed E-state index contributed by atoms with van der Waals surface area (Å²) in [6.45, 7) is 1.57. The van der Waals surface area contributed by atoms with Crippen molar-refractivity contribution in [3.05, 3.63) is 21.1 Å². The van der Waals surface area contributed by atoms with Crippen molar-refractivity contribution in [3.63, 3.8) is 0 Å². The molecule has 1 heterocycles. The fourth-order valence-corrected chi connectivity index (χ4v) is 2.09. The zero-order chi connectivity index (χ0) is 9.68. The topological polar surface area (TPSA) is 30.0 Å². The predicted octanol–water partition coefficient (Wildman–Crippen LogP) is 3.20. The first-order valence-electron chi connectivity index (χ1n) is 3.59. The van der Waals surface area contributed by atoms with Crippen LogP contribution in [-0.4, -0.2) is 15.9 Å². The van der Waals surface area contributed by atoms with Gasteiger partial charge in [0.2, 0.25) is 0 Å². The number of thioether (sulfide) groups is 1. The molecule has 0 N–H and O–H groups in total. The zero-order valence-corrected chi connectivity index (χ0v) is 10.2. The van der Waals surface area contributed by atoms with Gasteiger partial charge in [0.05, 0.1) is 5.69 Å². The molecule has 0 saturated carbocycles. The van der Waals surface area contributed by atoms with Crippen LogP contribution in [0.3, 0.4) is 0 Å². The maximum Gasteiger partial charge on any atom is 0.186 e. The van der Waals surface area contributed by atoms with Crippen molar-refractivity contribution in [2.24, 2.45) is 0 Å². The van der Waals surface area contributed by atoms with Gasteiger partial charge < -0.3 is 0 Å². The highest BCUT2D eigenvalue weighted by atomic mass is 79.9. The van der Waals surface area contributed by atoms with Gasteiger partial charge in [0.15, 0.2) is 9.03 Å². The van der Waals surface area contributed by atoms with Crippen molar-refractivity contribution < 1.29 is 4.79 Å². The Morgan fingerprint density at radius 3 is 3.15 bits per heavy atom. The second-order valence-electron chi connectivity index (χ2n) is 2.23. The number of thiazole rings is 1. The standard InChI is InChI=1S/C8H8BrNOS2/c1-6(11)12-4-2-3-7-5-13-8(9)10-7/h2-3,5H,4H2,1H3. The molecule has 1 rings (SSSR count). The Bertz CT molecular complexity index is 322. The maximum absolute atomic E-state index is 10.6. The molecule has 0 aliphatic heterocycles. The molecule has 0 fully saturated rings. The highest BCUT2D eigenvalue weighted by Gasteiger charge is 1.94. The fourth-order valence-electron chi connectivity index (χ4n) is 0.674. The molecule has 5 heteroatoms. The van der Waals surface area contributed by atoms with E-state index < -0.39 is 0 Å². The second-order valence-corrected chi connectivity index (χ2v) is 5.56. The number of hydrogen-bond donors (Lipinski definition) is 0. The number of rotatable bonds is 3. The Morgan fingerprint density at radius 1 is 1.85 bits per heavy atom. The lowest BCUT2D eigenvalue weighted by molar-refractivity contribution is -0.109.